The number of amides is 1. The van der Waals surface area contributed by atoms with Gasteiger partial charge in [-0.3, -0.25) is 4.79 Å². The van der Waals surface area contributed by atoms with E-state index >= 15 is 0 Å². The predicted molar refractivity (Wildman–Crippen MR) is 87.0 cm³/mol. The minimum atomic E-state index is -3.26. The Labute approximate surface area is 132 Å². The Kier molecular flexibility index (Phi) is 6.39. The Morgan fingerprint density at radius 3 is 2.64 bits per heavy atom. The summed E-state index contributed by atoms with van der Waals surface area (Å²) < 4.78 is 26.5. The number of nitrogens with one attached hydrogen (secondary N) is 1. The van der Waals surface area contributed by atoms with Gasteiger partial charge in [-0.2, -0.15) is 0 Å². The number of carbonyl (C=O) groups is 1. The SMILES string of the molecule is O=C1CCCCN1CCNS(=O)(=O)CCCc1ccccc1. The maximum absolute atomic E-state index is 11.9. The van der Waals surface area contributed by atoms with Crippen LogP contribution in [0.3, 0.4) is 0 Å². The minimum absolute atomic E-state index is 0.121. The number of rotatable bonds is 8. The summed E-state index contributed by atoms with van der Waals surface area (Å²) in [6.07, 6.45) is 3.90. The van der Waals surface area contributed by atoms with E-state index in [1.165, 1.54) is 0 Å². The third-order valence-corrected chi connectivity index (χ3v) is 5.32. The standard InChI is InChI=1S/C16H24N2O3S/c19-16-10-4-5-12-18(16)13-11-17-22(20,21)14-6-9-15-7-2-1-3-8-15/h1-3,7-8,17H,4-6,9-14H2. The molecule has 1 aliphatic heterocycles. The van der Waals surface area contributed by atoms with Crippen molar-refractivity contribution in [2.75, 3.05) is 25.4 Å². The first-order valence-electron chi connectivity index (χ1n) is 7.86. The molecule has 1 aromatic carbocycles. The first-order valence-corrected chi connectivity index (χ1v) is 9.51. The van der Waals surface area contributed by atoms with Gasteiger partial charge >= 0.3 is 0 Å². The molecule has 122 valence electrons. The van der Waals surface area contributed by atoms with Crippen LogP contribution in [0.25, 0.3) is 0 Å². The van der Waals surface area contributed by atoms with E-state index in [2.05, 4.69) is 4.72 Å². The van der Waals surface area contributed by atoms with Crippen molar-refractivity contribution in [2.24, 2.45) is 0 Å². The largest absolute Gasteiger partial charge is 0.341 e. The summed E-state index contributed by atoms with van der Waals surface area (Å²) in [6.45, 7) is 1.52. The third kappa shape index (κ3) is 5.77. The number of likely N-dealkylation sites (tertiary alicyclic amines) is 1. The molecule has 1 heterocycles. The number of piperidine rings is 1. The number of hydrogen-bond acceptors (Lipinski definition) is 3. The molecule has 0 spiro atoms. The Morgan fingerprint density at radius 2 is 1.91 bits per heavy atom. The van der Waals surface area contributed by atoms with Crippen LogP contribution in [0.1, 0.15) is 31.2 Å². The van der Waals surface area contributed by atoms with Gasteiger partial charge in [0.25, 0.3) is 0 Å². The number of carbonyl (C=O) groups excluding carboxylic acids is 1. The molecule has 1 amide bonds. The summed E-state index contributed by atoms with van der Waals surface area (Å²) in [6, 6.07) is 9.86. The van der Waals surface area contributed by atoms with Gasteiger partial charge in [0.05, 0.1) is 5.75 Å². The van der Waals surface area contributed by atoms with Crippen LogP contribution >= 0.6 is 0 Å². The molecule has 5 nitrogen and oxygen atoms in total. The summed E-state index contributed by atoms with van der Waals surface area (Å²) in [7, 11) is -3.26. The number of sulfonamides is 1. The normalized spacial score (nSPS) is 16.0. The molecule has 0 unspecified atom stereocenters. The van der Waals surface area contributed by atoms with Gasteiger partial charge in [0, 0.05) is 26.1 Å². The maximum Gasteiger partial charge on any atom is 0.222 e. The second-order valence-corrected chi connectivity index (χ2v) is 7.57. The summed E-state index contributed by atoms with van der Waals surface area (Å²) in [5, 5.41) is 0. The molecule has 0 atom stereocenters. The Hall–Kier alpha value is -1.40. The van der Waals surface area contributed by atoms with Crippen LogP contribution in [-0.2, 0) is 21.2 Å². The van der Waals surface area contributed by atoms with Gasteiger partial charge in [-0.25, -0.2) is 13.1 Å². The van der Waals surface area contributed by atoms with E-state index in [1.54, 1.807) is 4.90 Å². The molecule has 2 rings (SSSR count). The Balaban J connectivity index is 1.66. The second kappa shape index (κ2) is 8.29. The molecule has 1 aliphatic rings. The Bertz CT molecular complexity index is 572. The fraction of sp³-hybridized carbons (Fsp3) is 0.562. The molecule has 6 heteroatoms. The molecular weight excluding hydrogens is 300 g/mol. The highest BCUT2D eigenvalue weighted by atomic mass is 32.2. The first-order chi connectivity index (χ1) is 10.6. The van der Waals surface area contributed by atoms with Gasteiger partial charge in [-0.05, 0) is 31.2 Å². The quantitative estimate of drug-likeness (QED) is 0.789. The molecule has 0 bridgehead atoms. The summed E-state index contributed by atoms with van der Waals surface area (Å²) in [5.74, 6) is 0.255. The van der Waals surface area contributed by atoms with Crippen LogP contribution < -0.4 is 4.72 Å². The number of hydrogen-bond donors (Lipinski definition) is 1. The fourth-order valence-electron chi connectivity index (χ4n) is 2.62. The monoisotopic (exact) mass is 324 g/mol. The van der Waals surface area contributed by atoms with E-state index in [1.807, 2.05) is 30.3 Å². The average molecular weight is 324 g/mol. The topological polar surface area (TPSA) is 66.5 Å². The molecule has 0 radical (unpaired) electrons. The lowest BCUT2D eigenvalue weighted by Crippen LogP contribution is -2.41. The van der Waals surface area contributed by atoms with Crippen molar-refractivity contribution in [3.8, 4) is 0 Å². The molecule has 1 fully saturated rings. The smallest absolute Gasteiger partial charge is 0.222 e. The third-order valence-electron chi connectivity index (χ3n) is 3.85. The lowest BCUT2D eigenvalue weighted by molar-refractivity contribution is -0.133. The molecule has 1 N–H and O–H groups in total. The molecule has 0 aromatic heterocycles. The second-order valence-electron chi connectivity index (χ2n) is 5.64. The number of nitrogens with zero attached hydrogens (tertiary/aromatic N) is 1. The molecule has 0 saturated carbocycles. The van der Waals surface area contributed by atoms with E-state index in [0.717, 1.165) is 31.4 Å². The van der Waals surface area contributed by atoms with Gasteiger partial charge in [-0.1, -0.05) is 30.3 Å². The van der Waals surface area contributed by atoms with Crippen LogP contribution in [0.15, 0.2) is 30.3 Å². The van der Waals surface area contributed by atoms with Gasteiger partial charge in [0.2, 0.25) is 15.9 Å². The van der Waals surface area contributed by atoms with Gasteiger partial charge in [0.15, 0.2) is 0 Å². The van der Waals surface area contributed by atoms with E-state index in [-0.39, 0.29) is 11.7 Å². The predicted octanol–water partition coefficient (Wildman–Crippen LogP) is 1.55. The van der Waals surface area contributed by atoms with E-state index in [0.29, 0.717) is 25.9 Å². The molecule has 1 aromatic rings. The van der Waals surface area contributed by atoms with Crippen LogP contribution in [0.2, 0.25) is 0 Å². The molecule has 0 aliphatic carbocycles. The summed E-state index contributed by atoms with van der Waals surface area (Å²) in [5.41, 5.74) is 1.15. The van der Waals surface area contributed by atoms with E-state index in [9.17, 15) is 13.2 Å². The lowest BCUT2D eigenvalue weighted by Gasteiger charge is -2.26. The van der Waals surface area contributed by atoms with Crippen molar-refractivity contribution in [1.29, 1.82) is 0 Å². The maximum atomic E-state index is 11.9. The molecular formula is C16H24N2O3S. The summed E-state index contributed by atoms with van der Waals surface area (Å²) >= 11 is 0. The number of benzene rings is 1. The van der Waals surface area contributed by atoms with E-state index < -0.39 is 10.0 Å². The zero-order valence-corrected chi connectivity index (χ0v) is 13.6. The zero-order chi connectivity index (χ0) is 15.8. The minimum Gasteiger partial charge on any atom is -0.341 e. The highest BCUT2D eigenvalue weighted by molar-refractivity contribution is 7.89. The van der Waals surface area contributed by atoms with Crippen molar-refractivity contribution in [1.82, 2.24) is 9.62 Å². The highest BCUT2D eigenvalue weighted by Crippen LogP contribution is 2.09. The van der Waals surface area contributed by atoms with E-state index in [4.69, 9.17) is 0 Å². The van der Waals surface area contributed by atoms with Crippen molar-refractivity contribution in [2.45, 2.75) is 32.1 Å². The van der Waals surface area contributed by atoms with Crippen molar-refractivity contribution in [3.63, 3.8) is 0 Å². The molecule has 1 saturated heterocycles. The van der Waals surface area contributed by atoms with Crippen molar-refractivity contribution < 1.29 is 13.2 Å². The first kappa shape index (κ1) is 17.0. The fourth-order valence-corrected chi connectivity index (χ4v) is 3.69. The summed E-state index contributed by atoms with van der Waals surface area (Å²) in [4.78, 5) is 13.4. The highest BCUT2D eigenvalue weighted by Gasteiger charge is 2.18. The Morgan fingerprint density at radius 1 is 1.14 bits per heavy atom. The van der Waals surface area contributed by atoms with Crippen molar-refractivity contribution >= 4 is 15.9 Å². The van der Waals surface area contributed by atoms with Gasteiger partial charge in [0.1, 0.15) is 0 Å². The van der Waals surface area contributed by atoms with Crippen LogP contribution in [0.5, 0.6) is 0 Å². The van der Waals surface area contributed by atoms with Crippen LogP contribution in [0, 0.1) is 0 Å². The number of aryl methyl sites for hydroxylation is 1. The van der Waals surface area contributed by atoms with Gasteiger partial charge < -0.3 is 4.90 Å². The average Bonchev–Trinajstić information content (AvgIpc) is 2.50. The van der Waals surface area contributed by atoms with Crippen LogP contribution in [0.4, 0.5) is 0 Å². The zero-order valence-electron chi connectivity index (χ0n) is 12.8. The molecule has 22 heavy (non-hydrogen) atoms. The van der Waals surface area contributed by atoms with Crippen LogP contribution in [-0.4, -0.2) is 44.6 Å². The lowest BCUT2D eigenvalue weighted by atomic mass is 10.1. The van der Waals surface area contributed by atoms with Crippen molar-refractivity contribution in [3.05, 3.63) is 35.9 Å². The van der Waals surface area contributed by atoms with Gasteiger partial charge in [-0.15, -0.1) is 0 Å².